The predicted molar refractivity (Wildman–Crippen MR) is 28.6 cm³/mol. The van der Waals surface area contributed by atoms with E-state index in [2.05, 4.69) is 0 Å². The van der Waals surface area contributed by atoms with E-state index >= 15 is 0 Å². The topological polar surface area (TPSA) is 63.6 Å². The third-order valence-corrected chi connectivity index (χ3v) is 1.39. The number of halogens is 7. The molecule has 0 aliphatic carbocycles. The molecular formula is C3HF7O4S. The zero-order chi connectivity index (χ0) is 12.7. The molecule has 0 atom stereocenters. The van der Waals surface area contributed by atoms with Gasteiger partial charge in [-0.1, -0.05) is 0 Å². The number of hydrogen-bond donors (Lipinski definition) is 1. The van der Waals surface area contributed by atoms with Crippen molar-refractivity contribution in [3.8, 4) is 0 Å². The van der Waals surface area contributed by atoms with E-state index in [1.807, 2.05) is 4.18 Å². The smallest absolute Gasteiger partial charge is 0.263 e. The molecule has 0 rings (SSSR count). The second-order valence-electron chi connectivity index (χ2n) is 2.10. The lowest BCUT2D eigenvalue weighted by Gasteiger charge is -2.27. The lowest BCUT2D eigenvalue weighted by molar-refractivity contribution is -0.406. The minimum atomic E-state index is -6.71. The zero-order valence-corrected chi connectivity index (χ0v) is 7.04. The van der Waals surface area contributed by atoms with Crippen molar-refractivity contribution >= 4 is 10.4 Å². The summed E-state index contributed by atoms with van der Waals surface area (Å²) < 4.78 is 110. The molecule has 0 saturated carbocycles. The molecular weight excluding hydrogens is 265 g/mol. The average Bonchev–Trinajstić information content (AvgIpc) is 1.77. The molecule has 0 bridgehead atoms. The molecule has 4 nitrogen and oxygen atoms in total. The number of alkyl halides is 7. The van der Waals surface area contributed by atoms with Crippen LogP contribution in [0.15, 0.2) is 0 Å². The van der Waals surface area contributed by atoms with Gasteiger partial charge in [0.1, 0.15) is 0 Å². The van der Waals surface area contributed by atoms with Gasteiger partial charge in [-0.05, 0) is 0 Å². The van der Waals surface area contributed by atoms with Gasteiger partial charge in [0.15, 0.2) is 0 Å². The predicted octanol–water partition coefficient (Wildman–Crippen LogP) is 1.60. The van der Waals surface area contributed by atoms with Crippen LogP contribution in [0, 0.1) is 0 Å². The minimum absolute atomic E-state index is 1.97. The first-order chi connectivity index (χ1) is 6.21. The van der Waals surface area contributed by atoms with Crippen molar-refractivity contribution in [2.45, 2.75) is 18.2 Å². The highest BCUT2D eigenvalue weighted by atomic mass is 32.3. The fourth-order valence-corrected chi connectivity index (χ4v) is 0.880. The van der Waals surface area contributed by atoms with E-state index in [4.69, 9.17) is 4.55 Å². The first-order valence-electron chi connectivity index (χ1n) is 2.71. The standard InChI is InChI=1S/C3HF7O4S/c4-1(2(5,6)7,3(8,9)10)14-15(11,12)13/h(H,11,12,13). The molecule has 1 N–H and O–H groups in total. The van der Waals surface area contributed by atoms with E-state index < -0.39 is 28.6 Å². The molecule has 0 saturated heterocycles. The molecule has 0 amide bonds. The van der Waals surface area contributed by atoms with Gasteiger partial charge in [-0.25, -0.2) is 0 Å². The molecule has 0 aromatic heterocycles. The highest BCUT2D eigenvalue weighted by Gasteiger charge is 2.76. The Morgan fingerprint density at radius 1 is 0.867 bits per heavy atom. The van der Waals surface area contributed by atoms with Crippen molar-refractivity contribution in [1.82, 2.24) is 0 Å². The fourth-order valence-electron chi connectivity index (χ4n) is 0.400. The summed E-state index contributed by atoms with van der Waals surface area (Å²) in [4.78, 5) is 0. The minimum Gasteiger partial charge on any atom is -0.263 e. The van der Waals surface area contributed by atoms with Crippen molar-refractivity contribution < 1.29 is 47.9 Å². The fraction of sp³-hybridized carbons (Fsp3) is 1.00. The molecule has 0 fully saturated rings. The lowest BCUT2D eigenvalue weighted by atomic mass is 10.3. The molecule has 0 unspecified atom stereocenters. The largest absolute Gasteiger partial charge is 0.459 e. The first-order valence-corrected chi connectivity index (χ1v) is 4.07. The third-order valence-electron chi connectivity index (χ3n) is 0.949. The van der Waals surface area contributed by atoms with Crippen molar-refractivity contribution in [3.05, 3.63) is 0 Å². The van der Waals surface area contributed by atoms with Crippen LogP contribution in [0.3, 0.4) is 0 Å². The first kappa shape index (κ1) is 14.4. The van der Waals surface area contributed by atoms with Gasteiger partial charge in [-0.2, -0.15) is 43.3 Å². The molecule has 12 heteroatoms. The van der Waals surface area contributed by atoms with Crippen LogP contribution >= 0.6 is 0 Å². The van der Waals surface area contributed by atoms with E-state index in [9.17, 15) is 39.2 Å². The van der Waals surface area contributed by atoms with Gasteiger partial charge in [-0.15, -0.1) is 0 Å². The molecule has 0 aliphatic heterocycles. The maximum atomic E-state index is 12.3. The molecule has 0 aromatic carbocycles. The van der Waals surface area contributed by atoms with Gasteiger partial charge >= 0.3 is 28.6 Å². The number of rotatable bonds is 2. The van der Waals surface area contributed by atoms with Crippen LogP contribution < -0.4 is 0 Å². The van der Waals surface area contributed by atoms with Crippen LogP contribution in [0.25, 0.3) is 0 Å². The van der Waals surface area contributed by atoms with Crippen LogP contribution in [0.1, 0.15) is 0 Å². The Labute approximate surface area is 77.6 Å². The summed E-state index contributed by atoms with van der Waals surface area (Å²) in [6, 6.07) is 0. The second-order valence-corrected chi connectivity index (χ2v) is 3.12. The van der Waals surface area contributed by atoms with Crippen LogP contribution in [0.2, 0.25) is 0 Å². The summed E-state index contributed by atoms with van der Waals surface area (Å²) in [6.45, 7) is 0. The van der Waals surface area contributed by atoms with E-state index in [1.165, 1.54) is 0 Å². The molecule has 0 spiro atoms. The molecule has 0 heterocycles. The highest BCUT2D eigenvalue weighted by molar-refractivity contribution is 7.80. The Bertz CT molecular complexity index is 311. The van der Waals surface area contributed by atoms with Crippen LogP contribution in [0.4, 0.5) is 30.7 Å². The normalized spacial score (nSPS) is 15.5. The SMILES string of the molecule is O=S(=O)(O)OC(F)(C(F)(F)F)C(F)(F)F. The van der Waals surface area contributed by atoms with Crippen molar-refractivity contribution in [2.24, 2.45) is 0 Å². The second kappa shape index (κ2) is 3.45. The maximum Gasteiger partial charge on any atom is 0.459 e. The van der Waals surface area contributed by atoms with Gasteiger partial charge in [0.25, 0.3) is 0 Å². The summed E-state index contributed by atoms with van der Waals surface area (Å²) in [7, 11) is -6.26. The third kappa shape index (κ3) is 3.17. The monoisotopic (exact) mass is 266 g/mol. The molecule has 0 radical (unpaired) electrons. The molecule has 0 aliphatic rings. The molecule has 92 valence electrons. The summed E-state index contributed by atoms with van der Waals surface area (Å²) in [5.74, 6) is -6.48. The zero-order valence-electron chi connectivity index (χ0n) is 6.23. The van der Waals surface area contributed by atoms with Gasteiger partial charge in [0.2, 0.25) is 0 Å². The Balaban J connectivity index is 5.45. The van der Waals surface area contributed by atoms with Gasteiger partial charge < -0.3 is 0 Å². The summed E-state index contributed by atoms with van der Waals surface area (Å²) in [5.41, 5.74) is 0. The van der Waals surface area contributed by atoms with Crippen LogP contribution in [0.5, 0.6) is 0 Å². The maximum absolute atomic E-state index is 12.3. The van der Waals surface area contributed by atoms with Crippen molar-refractivity contribution in [1.29, 1.82) is 0 Å². The highest BCUT2D eigenvalue weighted by Crippen LogP contribution is 2.47. The Morgan fingerprint density at radius 3 is 1.20 bits per heavy atom. The van der Waals surface area contributed by atoms with Gasteiger partial charge in [-0.3, -0.25) is 4.55 Å². The Kier molecular flexibility index (Phi) is 3.31. The molecule has 0 aromatic rings. The Hall–Kier alpha value is -0.620. The van der Waals surface area contributed by atoms with Gasteiger partial charge in [0.05, 0.1) is 0 Å². The van der Waals surface area contributed by atoms with Crippen molar-refractivity contribution in [3.63, 3.8) is 0 Å². The van der Waals surface area contributed by atoms with Crippen molar-refractivity contribution in [2.75, 3.05) is 0 Å². The van der Waals surface area contributed by atoms with E-state index in [-0.39, 0.29) is 0 Å². The summed E-state index contributed by atoms with van der Waals surface area (Å²) in [6.07, 6.45) is -13.4. The quantitative estimate of drug-likeness (QED) is 0.609. The Morgan fingerprint density at radius 2 is 1.13 bits per heavy atom. The van der Waals surface area contributed by atoms with Gasteiger partial charge in [0, 0.05) is 0 Å². The van der Waals surface area contributed by atoms with E-state index in [0.29, 0.717) is 0 Å². The average molecular weight is 266 g/mol. The lowest BCUT2D eigenvalue weighted by Crippen LogP contribution is -2.56. The van der Waals surface area contributed by atoms with Crippen LogP contribution in [-0.4, -0.2) is 31.2 Å². The van der Waals surface area contributed by atoms with E-state index in [0.717, 1.165) is 0 Å². The van der Waals surface area contributed by atoms with E-state index in [1.54, 1.807) is 0 Å². The summed E-state index contributed by atoms with van der Waals surface area (Å²) in [5, 5.41) is 0. The number of hydrogen-bond acceptors (Lipinski definition) is 3. The molecule has 15 heavy (non-hydrogen) atoms. The van der Waals surface area contributed by atoms with Crippen LogP contribution in [-0.2, 0) is 14.6 Å². The summed E-state index contributed by atoms with van der Waals surface area (Å²) >= 11 is 0.